The highest BCUT2D eigenvalue weighted by molar-refractivity contribution is 6.31. The summed E-state index contributed by atoms with van der Waals surface area (Å²) in [5.41, 5.74) is 6.69. The number of methoxy groups -OCH3 is 1. The summed E-state index contributed by atoms with van der Waals surface area (Å²) in [6, 6.07) is 31.8. The lowest BCUT2D eigenvalue weighted by Gasteiger charge is -2.20. The van der Waals surface area contributed by atoms with Gasteiger partial charge in [0.25, 0.3) is 0 Å². The predicted molar refractivity (Wildman–Crippen MR) is 174 cm³/mol. The van der Waals surface area contributed by atoms with Gasteiger partial charge in [0.2, 0.25) is 0 Å². The van der Waals surface area contributed by atoms with Crippen LogP contribution in [0.2, 0.25) is 5.02 Å². The molecule has 0 heterocycles. The largest absolute Gasteiger partial charge is 0.488 e. The van der Waals surface area contributed by atoms with Gasteiger partial charge in [0.05, 0.1) is 24.3 Å². The van der Waals surface area contributed by atoms with E-state index in [0.717, 1.165) is 41.7 Å². The third kappa shape index (κ3) is 9.08. The molecule has 0 aliphatic heterocycles. The molecule has 4 rings (SSSR count). The van der Waals surface area contributed by atoms with Crippen LogP contribution in [-0.2, 0) is 29.6 Å². The van der Waals surface area contributed by atoms with Crippen molar-refractivity contribution < 1.29 is 14.3 Å². The Morgan fingerprint density at radius 3 is 2.30 bits per heavy atom. The predicted octanol–water partition coefficient (Wildman–Crippen LogP) is 9.38. The standard InChI is InChI=1S/C38H38ClNO3/c1-38(2,3)34-22-21-33(35(39)24-34)26-43-36-8-6-5-7-31(36)18-15-28(12-9-27-10-13-30(25-40)14-11-27)23-29-16-19-32(20-17-29)37(41)42-4/h5-8,10-11,13-22,24,28H,9,12,23,26H2,1-4H3. The molecule has 0 bridgehead atoms. The van der Waals surface area contributed by atoms with Crippen molar-refractivity contribution in [1.29, 1.82) is 5.26 Å². The van der Waals surface area contributed by atoms with Gasteiger partial charge < -0.3 is 9.47 Å². The molecular formula is C38H38ClNO3. The van der Waals surface area contributed by atoms with E-state index in [4.69, 9.17) is 26.3 Å². The minimum atomic E-state index is -0.341. The summed E-state index contributed by atoms with van der Waals surface area (Å²) in [4.78, 5) is 11.9. The van der Waals surface area contributed by atoms with Gasteiger partial charge in [-0.25, -0.2) is 4.79 Å². The van der Waals surface area contributed by atoms with Gasteiger partial charge in [-0.05, 0) is 83.7 Å². The molecule has 0 aliphatic rings. The first-order valence-electron chi connectivity index (χ1n) is 14.5. The summed E-state index contributed by atoms with van der Waals surface area (Å²) >= 11 is 6.62. The first-order chi connectivity index (χ1) is 20.7. The Labute approximate surface area is 260 Å². The minimum absolute atomic E-state index is 0.0282. The van der Waals surface area contributed by atoms with Crippen LogP contribution in [-0.4, -0.2) is 13.1 Å². The molecule has 0 spiro atoms. The molecule has 0 radical (unpaired) electrons. The van der Waals surface area contributed by atoms with Gasteiger partial charge in [0, 0.05) is 16.1 Å². The van der Waals surface area contributed by atoms with E-state index in [0.29, 0.717) is 22.8 Å². The Morgan fingerprint density at radius 1 is 0.953 bits per heavy atom. The van der Waals surface area contributed by atoms with E-state index >= 15 is 0 Å². The van der Waals surface area contributed by atoms with Gasteiger partial charge in [0.1, 0.15) is 12.4 Å². The zero-order chi connectivity index (χ0) is 30.8. The molecule has 43 heavy (non-hydrogen) atoms. The van der Waals surface area contributed by atoms with Crippen LogP contribution in [0.1, 0.15) is 70.9 Å². The number of rotatable bonds is 11. The zero-order valence-corrected chi connectivity index (χ0v) is 26.0. The summed E-state index contributed by atoms with van der Waals surface area (Å²) in [5, 5.41) is 9.84. The number of hydrogen-bond acceptors (Lipinski definition) is 4. The van der Waals surface area contributed by atoms with Crippen molar-refractivity contribution >= 4 is 23.6 Å². The maximum atomic E-state index is 11.9. The molecule has 5 heteroatoms. The number of nitrogens with zero attached hydrogens (tertiary/aromatic N) is 1. The number of nitriles is 1. The zero-order valence-electron chi connectivity index (χ0n) is 25.3. The smallest absolute Gasteiger partial charge is 0.337 e. The topological polar surface area (TPSA) is 59.3 Å². The highest BCUT2D eigenvalue weighted by atomic mass is 35.5. The van der Waals surface area contributed by atoms with Gasteiger partial charge in [0.15, 0.2) is 0 Å². The number of allylic oxidation sites excluding steroid dienone is 1. The molecule has 0 N–H and O–H groups in total. The number of ether oxygens (including phenoxy) is 2. The number of carbonyl (C=O) groups is 1. The molecular weight excluding hydrogens is 554 g/mol. The Kier molecular flexibility index (Phi) is 10.8. The van der Waals surface area contributed by atoms with Crippen LogP contribution in [0.3, 0.4) is 0 Å². The van der Waals surface area contributed by atoms with Crippen molar-refractivity contribution in [2.45, 2.75) is 52.1 Å². The number of aryl methyl sites for hydroxylation is 1. The van der Waals surface area contributed by atoms with E-state index in [-0.39, 0.29) is 17.3 Å². The van der Waals surface area contributed by atoms with E-state index in [1.54, 1.807) is 0 Å². The normalized spacial score (nSPS) is 12.1. The Hall–Kier alpha value is -4.33. The van der Waals surface area contributed by atoms with Crippen molar-refractivity contribution in [2.75, 3.05) is 7.11 Å². The number of esters is 1. The fourth-order valence-corrected chi connectivity index (χ4v) is 5.07. The van der Waals surface area contributed by atoms with E-state index in [1.807, 2.05) is 78.9 Å². The highest BCUT2D eigenvalue weighted by Gasteiger charge is 2.16. The molecule has 4 nitrogen and oxygen atoms in total. The van der Waals surface area contributed by atoms with Crippen LogP contribution in [0.25, 0.3) is 6.08 Å². The average molecular weight is 592 g/mol. The number of halogens is 1. The van der Waals surface area contributed by atoms with Gasteiger partial charge >= 0.3 is 5.97 Å². The molecule has 1 atom stereocenters. The monoisotopic (exact) mass is 591 g/mol. The van der Waals surface area contributed by atoms with Crippen molar-refractivity contribution in [3.63, 3.8) is 0 Å². The third-order valence-electron chi connectivity index (χ3n) is 7.53. The van der Waals surface area contributed by atoms with Crippen LogP contribution >= 0.6 is 11.6 Å². The molecule has 0 fully saturated rings. The molecule has 0 aromatic heterocycles. The molecule has 0 saturated heterocycles. The number of hydrogen-bond donors (Lipinski definition) is 0. The maximum absolute atomic E-state index is 11.9. The van der Waals surface area contributed by atoms with Crippen LogP contribution < -0.4 is 4.74 Å². The Balaban J connectivity index is 1.51. The van der Waals surface area contributed by atoms with E-state index in [1.165, 1.54) is 18.2 Å². The molecule has 0 amide bonds. The molecule has 4 aromatic rings. The summed E-state index contributed by atoms with van der Waals surface area (Å²) in [5.74, 6) is 0.682. The first-order valence-corrected chi connectivity index (χ1v) is 14.9. The molecule has 220 valence electrons. The van der Waals surface area contributed by atoms with Crippen molar-refractivity contribution in [2.24, 2.45) is 5.92 Å². The van der Waals surface area contributed by atoms with Gasteiger partial charge in [-0.15, -0.1) is 0 Å². The lowest BCUT2D eigenvalue weighted by atomic mass is 9.87. The van der Waals surface area contributed by atoms with E-state index < -0.39 is 0 Å². The second kappa shape index (κ2) is 14.7. The lowest BCUT2D eigenvalue weighted by Crippen LogP contribution is -2.11. The van der Waals surface area contributed by atoms with Gasteiger partial charge in [-0.3, -0.25) is 0 Å². The van der Waals surface area contributed by atoms with Crippen molar-refractivity contribution in [1.82, 2.24) is 0 Å². The average Bonchev–Trinajstić information content (AvgIpc) is 3.01. The summed E-state index contributed by atoms with van der Waals surface area (Å²) in [7, 11) is 1.39. The second-order valence-corrected chi connectivity index (χ2v) is 12.1. The minimum Gasteiger partial charge on any atom is -0.488 e. The van der Waals surface area contributed by atoms with Gasteiger partial charge in [-0.1, -0.05) is 99.1 Å². The summed E-state index contributed by atoms with van der Waals surface area (Å²) in [6.45, 7) is 6.90. The number of para-hydroxylation sites is 1. The fourth-order valence-electron chi connectivity index (χ4n) is 4.84. The lowest BCUT2D eigenvalue weighted by molar-refractivity contribution is 0.0600. The molecule has 1 unspecified atom stereocenters. The van der Waals surface area contributed by atoms with Crippen molar-refractivity contribution in [3.05, 3.63) is 141 Å². The quantitative estimate of drug-likeness (QED) is 0.163. The van der Waals surface area contributed by atoms with E-state index in [2.05, 4.69) is 51.1 Å². The third-order valence-corrected chi connectivity index (χ3v) is 7.88. The molecule has 0 aliphatic carbocycles. The molecule has 0 saturated carbocycles. The molecule has 4 aromatic carbocycles. The number of carbonyl (C=O) groups excluding carboxylic acids is 1. The number of benzene rings is 4. The van der Waals surface area contributed by atoms with Crippen LogP contribution in [0.4, 0.5) is 0 Å². The van der Waals surface area contributed by atoms with Crippen LogP contribution in [0, 0.1) is 17.2 Å². The van der Waals surface area contributed by atoms with E-state index in [9.17, 15) is 4.79 Å². The summed E-state index contributed by atoms with van der Waals surface area (Å²) < 4.78 is 11.1. The second-order valence-electron chi connectivity index (χ2n) is 11.7. The maximum Gasteiger partial charge on any atom is 0.337 e. The highest BCUT2D eigenvalue weighted by Crippen LogP contribution is 2.29. The van der Waals surface area contributed by atoms with Crippen molar-refractivity contribution in [3.8, 4) is 11.8 Å². The summed E-state index contributed by atoms with van der Waals surface area (Å²) in [6.07, 6.45) is 6.98. The van der Waals surface area contributed by atoms with Crippen LogP contribution in [0.5, 0.6) is 5.75 Å². The van der Waals surface area contributed by atoms with Gasteiger partial charge in [-0.2, -0.15) is 5.26 Å². The Morgan fingerprint density at radius 2 is 1.65 bits per heavy atom. The fraction of sp³-hybridized carbons (Fsp3) is 0.263. The first kappa shape index (κ1) is 31.6. The van der Waals surface area contributed by atoms with Crippen LogP contribution in [0.15, 0.2) is 97.1 Å². The SMILES string of the molecule is COC(=O)c1ccc(CC(C=Cc2ccccc2OCc2ccc(C(C)(C)C)cc2Cl)CCc2ccc(C#N)cc2)cc1. The Bertz CT molecular complexity index is 1590.